The number of hydrogen-bond acceptors (Lipinski definition) is 5. The van der Waals surface area contributed by atoms with Crippen molar-refractivity contribution in [3.8, 4) is 0 Å². The molecule has 0 aromatic carbocycles. The monoisotopic (exact) mass is 276 g/mol. The fourth-order valence-electron chi connectivity index (χ4n) is 2.08. The van der Waals surface area contributed by atoms with Crippen molar-refractivity contribution in [3.05, 3.63) is 46.2 Å². The molecular weight excluding hydrogens is 256 g/mol. The van der Waals surface area contributed by atoms with Gasteiger partial charge in [-0.3, -0.25) is 4.79 Å². The van der Waals surface area contributed by atoms with Crippen LogP contribution < -0.4 is 11.3 Å². The predicted octanol–water partition coefficient (Wildman–Crippen LogP) is 1.25. The zero-order valence-corrected chi connectivity index (χ0v) is 11.9. The van der Waals surface area contributed by atoms with Crippen molar-refractivity contribution in [2.24, 2.45) is 0 Å². The van der Waals surface area contributed by atoms with Gasteiger partial charge in [-0.2, -0.15) is 0 Å². The molecule has 6 nitrogen and oxygen atoms in total. The molecule has 2 aromatic heterocycles. The third-order valence-electron chi connectivity index (χ3n) is 3.05. The quantitative estimate of drug-likeness (QED) is 0.859. The Hall–Kier alpha value is -2.08. The standard InChI is InChI=1S/C14H20N4O2/c1-11-8-13(16-20-11)10-17(2)6-3-7-18-9-12(15)4-5-14(18)19/h4-5,8-9H,3,6-7,10,15H2,1-2H3. The summed E-state index contributed by atoms with van der Waals surface area (Å²) in [5.74, 6) is 0.819. The minimum absolute atomic E-state index is 0.0195. The summed E-state index contributed by atoms with van der Waals surface area (Å²) in [6.07, 6.45) is 2.56. The first-order valence-corrected chi connectivity index (χ1v) is 6.61. The number of nitrogen functional groups attached to an aromatic ring is 1. The molecule has 2 N–H and O–H groups in total. The molecule has 0 atom stereocenters. The smallest absolute Gasteiger partial charge is 0.250 e. The molecule has 0 aliphatic heterocycles. The highest BCUT2D eigenvalue weighted by molar-refractivity contribution is 5.33. The van der Waals surface area contributed by atoms with Gasteiger partial charge in [0.1, 0.15) is 5.76 Å². The van der Waals surface area contributed by atoms with Gasteiger partial charge in [0.2, 0.25) is 0 Å². The van der Waals surface area contributed by atoms with E-state index in [-0.39, 0.29) is 5.56 Å². The summed E-state index contributed by atoms with van der Waals surface area (Å²) in [6.45, 7) is 4.14. The van der Waals surface area contributed by atoms with Crippen LogP contribution in [0, 0.1) is 6.92 Å². The van der Waals surface area contributed by atoms with Crippen LogP contribution in [0.5, 0.6) is 0 Å². The number of aryl methyl sites for hydroxylation is 2. The zero-order chi connectivity index (χ0) is 14.5. The van der Waals surface area contributed by atoms with Crippen LogP contribution in [0.3, 0.4) is 0 Å². The highest BCUT2D eigenvalue weighted by Gasteiger charge is 2.05. The Labute approximate surface area is 117 Å². The molecule has 0 aliphatic carbocycles. The molecule has 0 unspecified atom stereocenters. The Morgan fingerprint density at radius 3 is 2.95 bits per heavy atom. The van der Waals surface area contributed by atoms with Crippen molar-refractivity contribution in [1.82, 2.24) is 14.6 Å². The van der Waals surface area contributed by atoms with Crippen molar-refractivity contribution in [2.75, 3.05) is 19.3 Å². The van der Waals surface area contributed by atoms with Gasteiger partial charge in [0, 0.05) is 37.1 Å². The molecule has 2 aromatic rings. The molecule has 0 aliphatic rings. The normalized spacial score (nSPS) is 11.2. The van der Waals surface area contributed by atoms with Crippen LogP contribution in [-0.4, -0.2) is 28.2 Å². The third-order valence-corrected chi connectivity index (χ3v) is 3.05. The lowest BCUT2D eigenvalue weighted by Gasteiger charge is -2.15. The van der Waals surface area contributed by atoms with Gasteiger partial charge in [0.05, 0.1) is 5.69 Å². The lowest BCUT2D eigenvalue weighted by Crippen LogP contribution is -2.24. The zero-order valence-electron chi connectivity index (χ0n) is 11.9. The van der Waals surface area contributed by atoms with E-state index in [0.29, 0.717) is 12.2 Å². The summed E-state index contributed by atoms with van der Waals surface area (Å²) in [5.41, 5.74) is 7.18. The highest BCUT2D eigenvalue weighted by Crippen LogP contribution is 2.05. The first-order chi connectivity index (χ1) is 9.54. The van der Waals surface area contributed by atoms with Crippen LogP contribution in [0.25, 0.3) is 0 Å². The largest absolute Gasteiger partial charge is 0.398 e. The molecule has 0 fully saturated rings. The highest BCUT2D eigenvalue weighted by atomic mass is 16.5. The predicted molar refractivity (Wildman–Crippen MR) is 77.3 cm³/mol. The SMILES string of the molecule is Cc1cc(CN(C)CCCn2cc(N)ccc2=O)no1. The van der Waals surface area contributed by atoms with Crippen LogP contribution >= 0.6 is 0 Å². The maximum absolute atomic E-state index is 11.6. The second-order valence-electron chi connectivity index (χ2n) is 5.01. The molecule has 0 saturated carbocycles. The lowest BCUT2D eigenvalue weighted by molar-refractivity contribution is 0.298. The number of rotatable bonds is 6. The van der Waals surface area contributed by atoms with Crippen molar-refractivity contribution in [2.45, 2.75) is 26.4 Å². The van der Waals surface area contributed by atoms with Gasteiger partial charge in [0.15, 0.2) is 0 Å². The molecule has 0 radical (unpaired) electrons. The van der Waals surface area contributed by atoms with Gasteiger partial charge >= 0.3 is 0 Å². The number of nitrogens with zero attached hydrogens (tertiary/aromatic N) is 3. The Balaban J connectivity index is 1.80. The number of hydrogen-bond donors (Lipinski definition) is 1. The lowest BCUT2D eigenvalue weighted by atomic mass is 10.3. The molecular formula is C14H20N4O2. The van der Waals surface area contributed by atoms with E-state index in [4.69, 9.17) is 10.3 Å². The first-order valence-electron chi connectivity index (χ1n) is 6.61. The molecule has 0 saturated heterocycles. The minimum atomic E-state index is -0.0195. The average Bonchev–Trinajstić information content (AvgIpc) is 2.79. The van der Waals surface area contributed by atoms with E-state index in [1.807, 2.05) is 20.0 Å². The van der Waals surface area contributed by atoms with E-state index < -0.39 is 0 Å². The summed E-state index contributed by atoms with van der Waals surface area (Å²) >= 11 is 0. The number of nitrogens with two attached hydrogens (primary N) is 1. The van der Waals surface area contributed by atoms with Crippen LogP contribution in [-0.2, 0) is 13.1 Å². The third kappa shape index (κ3) is 3.96. The van der Waals surface area contributed by atoms with E-state index in [0.717, 1.165) is 31.0 Å². The molecule has 0 bridgehead atoms. The second kappa shape index (κ2) is 6.38. The first kappa shape index (κ1) is 14.3. The maximum Gasteiger partial charge on any atom is 0.250 e. The van der Waals surface area contributed by atoms with E-state index in [1.165, 1.54) is 6.07 Å². The molecule has 2 rings (SSSR count). The molecule has 0 amide bonds. The average molecular weight is 276 g/mol. The molecule has 0 spiro atoms. The van der Waals surface area contributed by atoms with Crippen LogP contribution in [0.15, 0.2) is 33.7 Å². The number of anilines is 1. The Kier molecular flexibility index (Phi) is 4.57. The summed E-state index contributed by atoms with van der Waals surface area (Å²) in [7, 11) is 2.02. The van der Waals surface area contributed by atoms with Crippen molar-refractivity contribution < 1.29 is 4.52 Å². The summed E-state index contributed by atoms with van der Waals surface area (Å²) in [6, 6.07) is 5.05. The molecule has 6 heteroatoms. The van der Waals surface area contributed by atoms with Crippen molar-refractivity contribution in [3.63, 3.8) is 0 Å². The summed E-state index contributed by atoms with van der Waals surface area (Å²) < 4.78 is 6.67. The van der Waals surface area contributed by atoms with Gasteiger partial charge in [-0.15, -0.1) is 0 Å². The maximum atomic E-state index is 11.6. The second-order valence-corrected chi connectivity index (χ2v) is 5.01. The van der Waals surface area contributed by atoms with Gasteiger partial charge in [-0.05, 0) is 33.0 Å². The van der Waals surface area contributed by atoms with E-state index in [9.17, 15) is 4.79 Å². The van der Waals surface area contributed by atoms with Crippen LogP contribution in [0.4, 0.5) is 5.69 Å². The van der Waals surface area contributed by atoms with Crippen molar-refractivity contribution in [1.29, 1.82) is 0 Å². The Morgan fingerprint density at radius 1 is 1.45 bits per heavy atom. The fourth-order valence-corrected chi connectivity index (χ4v) is 2.08. The van der Waals surface area contributed by atoms with Gasteiger partial charge in [-0.1, -0.05) is 5.16 Å². The van der Waals surface area contributed by atoms with Crippen molar-refractivity contribution >= 4 is 5.69 Å². The van der Waals surface area contributed by atoms with E-state index in [2.05, 4.69) is 10.1 Å². The number of aromatic nitrogens is 2. The van der Waals surface area contributed by atoms with Gasteiger partial charge in [-0.25, -0.2) is 0 Å². The fraction of sp³-hybridized carbons (Fsp3) is 0.429. The summed E-state index contributed by atoms with van der Waals surface area (Å²) in [4.78, 5) is 13.8. The molecule has 2 heterocycles. The van der Waals surface area contributed by atoms with Crippen LogP contribution in [0.2, 0.25) is 0 Å². The van der Waals surface area contributed by atoms with Gasteiger partial charge in [0.25, 0.3) is 5.56 Å². The summed E-state index contributed by atoms with van der Waals surface area (Å²) in [5, 5.41) is 3.96. The topological polar surface area (TPSA) is 77.3 Å². The minimum Gasteiger partial charge on any atom is -0.398 e. The van der Waals surface area contributed by atoms with E-state index in [1.54, 1.807) is 16.8 Å². The Morgan fingerprint density at radius 2 is 2.25 bits per heavy atom. The molecule has 20 heavy (non-hydrogen) atoms. The van der Waals surface area contributed by atoms with E-state index >= 15 is 0 Å². The molecule has 108 valence electrons. The Bertz CT molecular complexity index is 618. The van der Waals surface area contributed by atoms with Crippen LogP contribution in [0.1, 0.15) is 17.9 Å². The number of pyridine rings is 1. The van der Waals surface area contributed by atoms with Gasteiger partial charge < -0.3 is 19.7 Å².